The number of hydrogen-bond donors (Lipinski definition) is 1. The van der Waals surface area contributed by atoms with E-state index in [1.54, 1.807) is 0 Å². The van der Waals surface area contributed by atoms with Crippen LogP contribution in [0.1, 0.15) is 31.5 Å². The fourth-order valence-electron chi connectivity index (χ4n) is 2.12. The van der Waals surface area contributed by atoms with Crippen LogP contribution in [0.15, 0.2) is 23.9 Å². The van der Waals surface area contributed by atoms with E-state index >= 15 is 0 Å². The summed E-state index contributed by atoms with van der Waals surface area (Å²) in [6.45, 7) is 6.36. The molecule has 2 rings (SSSR count). The van der Waals surface area contributed by atoms with Crippen LogP contribution < -0.4 is 5.32 Å². The maximum absolute atomic E-state index is 4.48. The molecule has 0 aromatic carbocycles. The van der Waals surface area contributed by atoms with Gasteiger partial charge in [-0.1, -0.05) is 18.6 Å². The molecule has 0 atom stereocenters. The van der Waals surface area contributed by atoms with Crippen LogP contribution in [0.5, 0.6) is 0 Å². The first-order valence-corrected chi connectivity index (χ1v) is 5.66. The Morgan fingerprint density at radius 2 is 2.33 bits per heavy atom. The number of allylic oxidation sites excluding steroid dienone is 1. The topological polar surface area (TPSA) is 24.9 Å². The van der Waals surface area contributed by atoms with E-state index < -0.39 is 0 Å². The Labute approximate surface area is 91.4 Å². The van der Waals surface area contributed by atoms with Gasteiger partial charge in [-0.05, 0) is 43.5 Å². The number of nitrogens with one attached hydrogen (secondary N) is 1. The Morgan fingerprint density at radius 1 is 1.47 bits per heavy atom. The molecular weight excluding hydrogens is 184 g/mol. The molecule has 1 aromatic rings. The third-order valence-electron chi connectivity index (χ3n) is 2.98. The van der Waals surface area contributed by atoms with Gasteiger partial charge in [0.2, 0.25) is 0 Å². The van der Waals surface area contributed by atoms with Gasteiger partial charge in [0, 0.05) is 12.7 Å². The predicted molar refractivity (Wildman–Crippen MR) is 63.7 cm³/mol. The van der Waals surface area contributed by atoms with Crippen molar-refractivity contribution in [3.05, 3.63) is 35.2 Å². The third-order valence-corrected chi connectivity index (χ3v) is 2.98. The van der Waals surface area contributed by atoms with Crippen LogP contribution in [0.3, 0.4) is 0 Å². The molecule has 0 amide bonds. The second-order valence-electron chi connectivity index (χ2n) is 4.05. The van der Waals surface area contributed by atoms with Gasteiger partial charge in [0.15, 0.2) is 0 Å². The van der Waals surface area contributed by atoms with Crippen LogP contribution in [0.25, 0.3) is 5.57 Å². The van der Waals surface area contributed by atoms with Crippen LogP contribution in [0, 0.1) is 0 Å². The van der Waals surface area contributed by atoms with Gasteiger partial charge >= 0.3 is 0 Å². The zero-order valence-corrected chi connectivity index (χ0v) is 9.51. The summed E-state index contributed by atoms with van der Waals surface area (Å²) >= 11 is 0. The summed E-state index contributed by atoms with van der Waals surface area (Å²) in [5, 5.41) is 3.37. The molecule has 0 saturated heterocycles. The van der Waals surface area contributed by atoms with Crippen molar-refractivity contribution in [3.63, 3.8) is 0 Å². The monoisotopic (exact) mass is 202 g/mol. The highest BCUT2D eigenvalue weighted by Crippen LogP contribution is 2.32. The van der Waals surface area contributed by atoms with Gasteiger partial charge in [0.25, 0.3) is 0 Å². The number of aryl methyl sites for hydroxylation is 1. The van der Waals surface area contributed by atoms with Gasteiger partial charge < -0.3 is 5.32 Å². The molecule has 2 nitrogen and oxygen atoms in total. The molecule has 2 heteroatoms. The van der Waals surface area contributed by atoms with E-state index in [4.69, 9.17) is 0 Å². The molecule has 0 bridgehead atoms. The Kier molecular flexibility index (Phi) is 3.17. The molecule has 80 valence electrons. The third kappa shape index (κ3) is 2.10. The SMILES string of the molecule is CCNC/C(C)=C1\CCc2cccnc21. The van der Waals surface area contributed by atoms with Crippen molar-refractivity contribution in [1.29, 1.82) is 0 Å². The van der Waals surface area contributed by atoms with Gasteiger partial charge in [-0.3, -0.25) is 4.98 Å². The van der Waals surface area contributed by atoms with E-state index in [2.05, 4.69) is 30.2 Å². The molecule has 1 aromatic heterocycles. The highest BCUT2D eigenvalue weighted by atomic mass is 14.8. The zero-order chi connectivity index (χ0) is 10.7. The van der Waals surface area contributed by atoms with Gasteiger partial charge in [-0.25, -0.2) is 0 Å². The number of pyridine rings is 1. The van der Waals surface area contributed by atoms with E-state index in [1.807, 2.05) is 12.3 Å². The smallest absolute Gasteiger partial charge is 0.0693 e. The fraction of sp³-hybridized carbons (Fsp3) is 0.462. The molecule has 0 saturated carbocycles. The molecule has 0 spiro atoms. The minimum Gasteiger partial charge on any atom is -0.313 e. The number of fused-ring (bicyclic) bond motifs is 1. The highest BCUT2D eigenvalue weighted by Gasteiger charge is 2.18. The number of aromatic nitrogens is 1. The van der Waals surface area contributed by atoms with Crippen LogP contribution in [-0.4, -0.2) is 18.1 Å². The molecule has 1 aliphatic carbocycles. The average Bonchev–Trinajstić information content (AvgIpc) is 2.69. The number of hydrogen-bond acceptors (Lipinski definition) is 2. The molecule has 0 unspecified atom stereocenters. The largest absolute Gasteiger partial charge is 0.313 e. The van der Waals surface area contributed by atoms with E-state index in [-0.39, 0.29) is 0 Å². The first-order chi connectivity index (χ1) is 7.33. The maximum Gasteiger partial charge on any atom is 0.0693 e. The van der Waals surface area contributed by atoms with Gasteiger partial charge in [-0.2, -0.15) is 0 Å². The lowest BCUT2D eigenvalue weighted by Gasteiger charge is -2.07. The summed E-state index contributed by atoms with van der Waals surface area (Å²) in [7, 11) is 0. The molecule has 1 N–H and O–H groups in total. The minimum absolute atomic E-state index is 0.988. The predicted octanol–water partition coefficient (Wildman–Crippen LogP) is 2.41. The second kappa shape index (κ2) is 4.58. The van der Waals surface area contributed by atoms with Crippen molar-refractivity contribution in [1.82, 2.24) is 10.3 Å². The van der Waals surface area contributed by atoms with Crippen LogP contribution in [0.4, 0.5) is 0 Å². The van der Waals surface area contributed by atoms with Crippen LogP contribution in [0.2, 0.25) is 0 Å². The van der Waals surface area contributed by atoms with E-state index in [0.29, 0.717) is 0 Å². The van der Waals surface area contributed by atoms with Crippen molar-refractivity contribution in [3.8, 4) is 0 Å². The second-order valence-corrected chi connectivity index (χ2v) is 4.05. The summed E-state index contributed by atoms with van der Waals surface area (Å²) in [5.41, 5.74) is 5.53. The highest BCUT2D eigenvalue weighted by molar-refractivity contribution is 5.72. The summed E-state index contributed by atoms with van der Waals surface area (Å²) < 4.78 is 0. The number of nitrogens with zero attached hydrogens (tertiary/aromatic N) is 1. The molecule has 1 aliphatic rings. The average molecular weight is 202 g/mol. The van der Waals surface area contributed by atoms with Gasteiger partial charge in [0.05, 0.1) is 5.69 Å². The van der Waals surface area contributed by atoms with Crippen molar-refractivity contribution in [2.75, 3.05) is 13.1 Å². The Hall–Kier alpha value is -1.15. The molecular formula is C13H18N2. The van der Waals surface area contributed by atoms with Crippen LogP contribution >= 0.6 is 0 Å². The molecule has 15 heavy (non-hydrogen) atoms. The molecule has 0 radical (unpaired) electrons. The number of rotatable bonds is 3. The Morgan fingerprint density at radius 3 is 3.13 bits per heavy atom. The van der Waals surface area contributed by atoms with Crippen molar-refractivity contribution >= 4 is 5.57 Å². The Balaban J connectivity index is 2.26. The maximum atomic E-state index is 4.48. The summed E-state index contributed by atoms with van der Waals surface area (Å²) in [6, 6.07) is 4.22. The van der Waals surface area contributed by atoms with Crippen molar-refractivity contribution in [2.24, 2.45) is 0 Å². The molecule has 1 heterocycles. The molecule has 0 fully saturated rings. The van der Waals surface area contributed by atoms with E-state index in [0.717, 1.165) is 25.9 Å². The summed E-state index contributed by atoms with van der Waals surface area (Å²) in [6.07, 6.45) is 4.20. The molecule has 0 aliphatic heterocycles. The number of likely N-dealkylation sites (N-methyl/N-ethyl adjacent to an activating group) is 1. The van der Waals surface area contributed by atoms with Crippen molar-refractivity contribution in [2.45, 2.75) is 26.7 Å². The lowest BCUT2D eigenvalue weighted by molar-refractivity contribution is 0.775. The normalized spacial score (nSPS) is 17.7. The summed E-state index contributed by atoms with van der Waals surface area (Å²) in [5.74, 6) is 0. The lowest BCUT2D eigenvalue weighted by atomic mass is 10.1. The standard InChI is InChI=1S/C13H18N2/c1-3-14-9-10(2)12-7-6-11-5-4-8-15-13(11)12/h4-5,8,14H,3,6-7,9H2,1-2H3/b12-10+. The minimum atomic E-state index is 0.988. The lowest BCUT2D eigenvalue weighted by Crippen LogP contribution is -2.15. The van der Waals surface area contributed by atoms with Gasteiger partial charge in [0.1, 0.15) is 0 Å². The van der Waals surface area contributed by atoms with Gasteiger partial charge in [-0.15, -0.1) is 0 Å². The Bertz CT molecular complexity index is 380. The van der Waals surface area contributed by atoms with E-state index in [1.165, 1.54) is 22.4 Å². The zero-order valence-electron chi connectivity index (χ0n) is 9.51. The van der Waals surface area contributed by atoms with E-state index in [9.17, 15) is 0 Å². The van der Waals surface area contributed by atoms with Crippen molar-refractivity contribution < 1.29 is 0 Å². The summed E-state index contributed by atoms with van der Waals surface area (Å²) in [4.78, 5) is 4.48. The first-order valence-electron chi connectivity index (χ1n) is 5.66. The fourth-order valence-corrected chi connectivity index (χ4v) is 2.12. The van der Waals surface area contributed by atoms with Crippen LogP contribution in [-0.2, 0) is 6.42 Å². The first kappa shape index (κ1) is 10.4. The quantitative estimate of drug-likeness (QED) is 0.814.